The van der Waals surface area contributed by atoms with Crippen LogP contribution in [0.5, 0.6) is 0 Å². The normalized spacial score (nSPS) is 21.9. The van der Waals surface area contributed by atoms with Gasteiger partial charge in [-0.25, -0.2) is 0 Å². The summed E-state index contributed by atoms with van der Waals surface area (Å²) in [5, 5.41) is 3.72. The minimum absolute atomic E-state index is 0.715. The summed E-state index contributed by atoms with van der Waals surface area (Å²) in [6.07, 6.45) is 12.0. The van der Waals surface area contributed by atoms with Gasteiger partial charge in [0.1, 0.15) is 0 Å². The van der Waals surface area contributed by atoms with Crippen LogP contribution in [0.15, 0.2) is 23.8 Å². The van der Waals surface area contributed by atoms with Gasteiger partial charge in [-0.3, -0.25) is 0 Å². The van der Waals surface area contributed by atoms with Crippen molar-refractivity contribution in [2.45, 2.75) is 31.7 Å². The van der Waals surface area contributed by atoms with Crippen molar-refractivity contribution in [1.29, 1.82) is 0 Å². The summed E-state index contributed by atoms with van der Waals surface area (Å²) in [7, 11) is 4.30. The van der Waals surface area contributed by atoms with Crippen molar-refractivity contribution in [2.75, 3.05) is 46.8 Å². The number of rotatable bonds is 6. The van der Waals surface area contributed by atoms with Crippen molar-refractivity contribution in [1.82, 2.24) is 15.1 Å². The van der Waals surface area contributed by atoms with E-state index in [4.69, 9.17) is 0 Å². The monoisotopic (exact) mass is 263 g/mol. The predicted octanol–water partition coefficient (Wildman–Crippen LogP) is 1.88. The first kappa shape index (κ1) is 14.8. The third-order valence-electron chi connectivity index (χ3n) is 4.12. The SMILES string of the molecule is CN(C)CCN1CCC(NCC2=CCCC=C2)CC1. The Morgan fingerprint density at radius 3 is 2.68 bits per heavy atom. The molecule has 2 aliphatic rings. The number of likely N-dealkylation sites (tertiary alicyclic amines) is 1. The average molecular weight is 263 g/mol. The molecule has 1 fully saturated rings. The van der Waals surface area contributed by atoms with Crippen molar-refractivity contribution < 1.29 is 0 Å². The molecule has 1 aliphatic heterocycles. The second kappa shape index (κ2) is 7.83. The standard InChI is InChI=1S/C16H29N3/c1-18(2)12-13-19-10-8-16(9-11-19)17-14-15-6-4-3-5-7-15/h4,6-7,16-17H,3,5,8-14H2,1-2H3. The maximum absolute atomic E-state index is 3.72. The fraction of sp³-hybridized carbons (Fsp3) is 0.750. The summed E-state index contributed by atoms with van der Waals surface area (Å²) in [6, 6.07) is 0.715. The third-order valence-corrected chi connectivity index (χ3v) is 4.12. The Hall–Kier alpha value is -0.640. The Morgan fingerprint density at radius 1 is 1.26 bits per heavy atom. The van der Waals surface area contributed by atoms with Gasteiger partial charge in [0.15, 0.2) is 0 Å². The first-order chi connectivity index (χ1) is 9.24. The summed E-state index contributed by atoms with van der Waals surface area (Å²) in [5.74, 6) is 0. The van der Waals surface area contributed by atoms with Crippen molar-refractivity contribution in [2.24, 2.45) is 0 Å². The topological polar surface area (TPSA) is 18.5 Å². The molecule has 108 valence electrons. The zero-order valence-corrected chi connectivity index (χ0v) is 12.6. The van der Waals surface area contributed by atoms with E-state index in [1.807, 2.05) is 0 Å². The summed E-state index contributed by atoms with van der Waals surface area (Å²) < 4.78 is 0. The number of piperidine rings is 1. The van der Waals surface area contributed by atoms with Crippen LogP contribution >= 0.6 is 0 Å². The molecule has 19 heavy (non-hydrogen) atoms. The van der Waals surface area contributed by atoms with Gasteiger partial charge in [-0.2, -0.15) is 0 Å². The number of nitrogens with zero attached hydrogens (tertiary/aromatic N) is 2. The van der Waals surface area contributed by atoms with Gasteiger partial charge in [0.05, 0.1) is 0 Å². The van der Waals surface area contributed by atoms with E-state index in [1.54, 1.807) is 0 Å². The second-order valence-corrected chi connectivity index (χ2v) is 6.06. The van der Waals surface area contributed by atoms with Gasteiger partial charge in [0, 0.05) is 25.7 Å². The number of allylic oxidation sites excluding steroid dienone is 2. The maximum Gasteiger partial charge on any atom is 0.0204 e. The van der Waals surface area contributed by atoms with Crippen LogP contribution < -0.4 is 5.32 Å². The van der Waals surface area contributed by atoms with E-state index in [0.29, 0.717) is 6.04 Å². The first-order valence-corrected chi connectivity index (χ1v) is 7.70. The van der Waals surface area contributed by atoms with Crippen LogP contribution in [0.1, 0.15) is 25.7 Å². The van der Waals surface area contributed by atoms with Gasteiger partial charge in [-0.15, -0.1) is 0 Å². The molecule has 0 atom stereocenters. The van der Waals surface area contributed by atoms with E-state index in [9.17, 15) is 0 Å². The minimum Gasteiger partial charge on any atom is -0.310 e. The Labute approximate surface area is 118 Å². The van der Waals surface area contributed by atoms with E-state index in [2.05, 4.69) is 47.4 Å². The van der Waals surface area contributed by atoms with Crippen LogP contribution in [0.3, 0.4) is 0 Å². The maximum atomic E-state index is 3.72. The summed E-state index contributed by atoms with van der Waals surface area (Å²) in [6.45, 7) is 5.95. The molecule has 0 saturated carbocycles. The molecule has 0 radical (unpaired) electrons. The number of likely N-dealkylation sites (N-methyl/N-ethyl adjacent to an activating group) is 1. The highest BCUT2D eigenvalue weighted by Crippen LogP contribution is 2.12. The molecular weight excluding hydrogens is 234 g/mol. The molecule has 3 nitrogen and oxygen atoms in total. The molecule has 3 heteroatoms. The zero-order chi connectivity index (χ0) is 13.5. The summed E-state index contributed by atoms with van der Waals surface area (Å²) in [5.41, 5.74) is 1.47. The van der Waals surface area contributed by atoms with Crippen molar-refractivity contribution in [3.8, 4) is 0 Å². The van der Waals surface area contributed by atoms with E-state index in [-0.39, 0.29) is 0 Å². The molecule has 2 rings (SSSR count). The molecule has 0 bridgehead atoms. The molecule has 1 heterocycles. The van der Waals surface area contributed by atoms with Crippen LogP contribution in [-0.4, -0.2) is 62.7 Å². The molecule has 0 spiro atoms. The smallest absolute Gasteiger partial charge is 0.0204 e. The lowest BCUT2D eigenvalue weighted by Gasteiger charge is -2.33. The quantitative estimate of drug-likeness (QED) is 0.789. The molecular formula is C16H29N3. The van der Waals surface area contributed by atoms with Crippen LogP contribution in [0.25, 0.3) is 0 Å². The van der Waals surface area contributed by atoms with E-state index >= 15 is 0 Å². The lowest BCUT2D eigenvalue weighted by atomic mass is 10.0. The Bertz CT molecular complexity index is 312. The second-order valence-electron chi connectivity index (χ2n) is 6.06. The molecule has 0 unspecified atom stereocenters. The van der Waals surface area contributed by atoms with Crippen LogP contribution in [-0.2, 0) is 0 Å². The summed E-state index contributed by atoms with van der Waals surface area (Å²) >= 11 is 0. The van der Waals surface area contributed by atoms with E-state index < -0.39 is 0 Å². The van der Waals surface area contributed by atoms with Crippen LogP contribution in [0.2, 0.25) is 0 Å². The number of nitrogens with one attached hydrogen (secondary N) is 1. The minimum atomic E-state index is 0.715. The highest BCUT2D eigenvalue weighted by atomic mass is 15.2. The lowest BCUT2D eigenvalue weighted by molar-refractivity contribution is 0.184. The summed E-state index contributed by atoms with van der Waals surface area (Å²) in [4.78, 5) is 4.87. The average Bonchev–Trinajstić information content (AvgIpc) is 2.45. The van der Waals surface area contributed by atoms with Crippen molar-refractivity contribution in [3.05, 3.63) is 23.8 Å². The van der Waals surface area contributed by atoms with Crippen LogP contribution in [0, 0.1) is 0 Å². The van der Waals surface area contributed by atoms with Gasteiger partial charge in [-0.1, -0.05) is 18.2 Å². The van der Waals surface area contributed by atoms with Crippen molar-refractivity contribution in [3.63, 3.8) is 0 Å². The van der Waals surface area contributed by atoms with E-state index in [0.717, 1.165) is 6.54 Å². The van der Waals surface area contributed by atoms with Gasteiger partial charge >= 0.3 is 0 Å². The zero-order valence-electron chi connectivity index (χ0n) is 12.6. The van der Waals surface area contributed by atoms with Crippen molar-refractivity contribution >= 4 is 0 Å². The molecule has 1 saturated heterocycles. The number of hydrogen-bond donors (Lipinski definition) is 1. The van der Waals surface area contributed by atoms with E-state index in [1.165, 1.54) is 57.4 Å². The van der Waals surface area contributed by atoms with Gasteiger partial charge in [0.2, 0.25) is 0 Å². The fourth-order valence-electron chi connectivity index (χ4n) is 2.76. The van der Waals surface area contributed by atoms with Gasteiger partial charge in [0.25, 0.3) is 0 Å². The molecule has 0 aromatic rings. The molecule has 0 aromatic carbocycles. The van der Waals surface area contributed by atoms with Crippen LogP contribution in [0.4, 0.5) is 0 Å². The predicted molar refractivity (Wildman–Crippen MR) is 82.5 cm³/mol. The molecule has 1 N–H and O–H groups in total. The third kappa shape index (κ3) is 5.47. The number of hydrogen-bond acceptors (Lipinski definition) is 3. The highest BCUT2D eigenvalue weighted by molar-refractivity contribution is 5.23. The van der Waals surface area contributed by atoms with Gasteiger partial charge < -0.3 is 15.1 Å². The molecule has 0 aromatic heterocycles. The Kier molecular flexibility index (Phi) is 6.08. The first-order valence-electron chi connectivity index (χ1n) is 7.70. The Balaban J connectivity index is 1.60. The molecule has 0 amide bonds. The Morgan fingerprint density at radius 2 is 2.05 bits per heavy atom. The van der Waals surface area contributed by atoms with Gasteiger partial charge in [-0.05, 0) is 58.4 Å². The highest BCUT2D eigenvalue weighted by Gasteiger charge is 2.18. The lowest BCUT2D eigenvalue weighted by Crippen LogP contribution is -2.44. The molecule has 1 aliphatic carbocycles. The largest absolute Gasteiger partial charge is 0.310 e. The fourth-order valence-corrected chi connectivity index (χ4v) is 2.76.